The fraction of sp³-hybridized carbons (Fsp3) is 0.333. The van der Waals surface area contributed by atoms with Gasteiger partial charge in [0.05, 0.1) is 17.8 Å². The number of rotatable bonds is 6. The average Bonchev–Trinajstić information content (AvgIpc) is 2.80. The van der Waals surface area contributed by atoms with E-state index in [-0.39, 0.29) is 11.7 Å². The minimum absolute atomic E-state index is 0.159. The van der Waals surface area contributed by atoms with Crippen LogP contribution in [-0.2, 0) is 6.54 Å². The van der Waals surface area contributed by atoms with E-state index in [4.69, 9.17) is 11.6 Å². The summed E-state index contributed by atoms with van der Waals surface area (Å²) in [7, 11) is 0. The first-order valence-corrected chi connectivity index (χ1v) is 8.12. The van der Waals surface area contributed by atoms with Crippen LogP contribution in [0.2, 0.25) is 5.15 Å². The van der Waals surface area contributed by atoms with E-state index in [0.29, 0.717) is 36.0 Å². The molecule has 0 aliphatic carbocycles. The van der Waals surface area contributed by atoms with Gasteiger partial charge in [0.2, 0.25) is 0 Å². The summed E-state index contributed by atoms with van der Waals surface area (Å²) >= 11 is 6.40. The Morgan fingerprint density at radius 1 is 1.38 bits per heavy atom. The van der Waals surface area contributed by atoms with Crippen molar-refractivity contribution in [3.05, 3.63) is 64.2 Å². The molecule has 2 rings (SSSR count). The number of aryl methyl sites for hydroxylation is 1. The Kier molecular flexibility index (Phi) is 5.78. The maximum absolute atomic E-state index is 13.0. The van der Waals surface area contributed by atoms with Crippen molar-refractivity contribution in [3.63, 3.8) is 0 Å². The highest BCUT2D eigenvalue weighted by atomic mass is 35.5. The van der Waals surface area contributed by atoms with E-state index < -0.39 is 0 Å². The molecule has 0 aliphatic rings. The number of carbonyl (C=O) groups excluding carboxylic acids is 1. The van der Waals surface area contributed by atoms with E-state index in [0.717, 1.165) is 11.1 Å². The smallest absolute Gasteiger partial charge is 0.259 e. The molecular weight excluding hydrogens is 329 g/mol. The number of hydrogen-bond donors (Lipinski definition) is 0. The summed E-state index contributed by atoms with van der Waals surface area (Å²) in [5, 5.41) is 4.66. The lowest BCUT2D eigenvalue weighted by Crippen LogP contribution is -2.32. The fourth-order valence-electron chi connectivity index (χ4n) is 2.47. The minimum atomic E-state index is -0.296. The zero-order valence-corrected chi connectivity index (χ0v) is 14.9. The molecule has 0 saturated heterocycles. The lowest BCUT2D eigenvalue weighted by molar-refractivity contribution is 0.0777. The molecule has 1 heterocycles. The number of benzene rings is 1. The highest BCUT2D eigenvalue weighted by Gasteiger charge is 2.24. The predicted octanol–water partition coefficient (Wildman–Crippen LogP) is 4.07. The molecule has 128 valence electrons. The van der Waals surface area contributed by atoms with E-state index in [1.54, 1.807) is 28.6 Å². The number of halogens is 2. The number of aromatic nitrogens is 2. The summed E-state index contributed by atoms with van der Waals surface area (Å²) < 4.78 is 14.6. The van der Waals surface area contributed by atoms with E-state index in [1.807, 2.05) is 13.8 Å². The Bertz CT molecular complexity index is 752. The second-order valence-corrected chi connectivity index (χ2v) is 6.17. The van der Waals surface area contributed by atoms with Crippen LogP contribution < -0.4 is 0 Å². The van der Waals surface area contributed by atoms with Gasteiger partial charge in [-0.15, -0.1) is 0 Å². The lowest BCUT2D eigenvalue weighted by atomic mass is 10.2. The highest BCUT2D eigenvalue weighted by Crippen LogP contribution is 2.23. The molecule has 0 spiro atoms. The quantitative estimate of drug-likeness (QED) is 0.737. The van der Waals surface area contributed by atoms with Crippen molar-refractivity contribution in [2.45, 2.75) is 27.3 Å². The zero-order valence-electron chi connectivity index (χ0n) is 14.1. The SMILES string of the molecule is C=C(C)CN(CC)C(=O)c1c(C)nn(Cc2ccc(F)cc2)c1Cl. The van der Waals surface area contributed by atoms with Crippen molar-refractivity contribution < 1.29 is 9.18 Å². The van der Waals surface area contributed by atoms with Crippen LogP contribution in [0, 0.1) is 12.7 Å². The maximum atomic E-state index is 13.0. The van der Waals surface area contributed by atoms with Gasteiger partial charge >= 0.3 is 0 Å². The molecule has 0 unspecified atom stereocenters. The van der Waals surface area contributed by atoms with Crippen molar-refractivity contribution in [2.24, 2.45) is 0 Å². The Balaban J connectivity index is 2.29. The van der Waals surface area contributed by atoms with Gasteiger partial charge in [-0.1, -0.05) is 35.9 Å². The number of amides is 1. The molecule has 1 aromatic heterocycles. The molecule has 0 radical (unpaired) electrons. The Morgan fingerprint density at radius 3 is 2.54 bits per heavy atom. The highest BCUT2D eigenvalue weighted by molar-refractivity contribution is 6.33. The minimum Gasteiger partial charge on any atom is -0.335 e. The molecular formula is C18H21ClFN3O. The van der Waals surface area contributed by atoms with Gasteiger partial charge in [-0.3, -0.25) is 4.79 Å². The molecule has 0 saturated carbocycles. The predicted molar refractivity (Wildman–Crippen MR) is 93.9 cm³/mol. The summed E-state index contributed by atoms with van der Waals surface area (Å²) in [5.41, 5.74) is 2.74. The third kappa shape index (κ3) is 4.03. The third-order valence-corrected chi connectivity index (χ3v) is 4.04. The van der Waals surface area contributed by atoms with Gasteiger partial charge in [0.1, 0.15) is 11.0 Å². The van der Waals surface area contributed by atoms with Gasteiger partial charge in [0, 0.05) is 13.1 Å². The van der Waals surface area contributed by atoms with Crippen LogP contribution in [0.25, 0.3) is 0 Å². The lowest BCUT2D eigenvalue weighted by Gasteiger charge is -2.20. The summed E-state index contributed by atoms with van der Waals surface area (Å²) in [4.78, 5) is 14.4. The van der Waals surface area contributed by atoms with E-state index in [9.17, 15) is 9.18 Å². The standard InChI is InChI=1S/C18H21ClFN3O/c1-5-22(10-12(2)3)18(24)16-13(4)21-23(17(16)19)11-14-6-8-15(20)9-7-14/h6-9H,2,5,10-11H2,1,3-4H3. The summed E-state index contributed by atoms with van der Waals surface area (Å²) in [6.07, 6.45) is 0. The van der Waals surface area contributed by atoms with Crippen LogP contribution in [0.1, 0.15) is 35.5 Å². The molecule has 0 bridgehead atoms. The van der Waals surface area contributed by atoms with Gasteiger partial charge in [-0.25, -0.2) is 9.07 Å². The van der Waals surface area contributed by atoms with Crippen LogP contribution in [-0.4, -0.2) is 33.7 Å². The van der Waals surface area contributed by atoms with E-state index in [2.05, 4.69) is 11.7 Å². The first-order valence-electron chi connectivity index (χ1n) is 7.74. The summed E-state index contributed by atoms with van der Waals surface area (Å²) in [6, 6.07) is 6.11. The molecule has 2 aromatic rings. The van der Waals surface area contributed by atoms with Gasteiger partial charge in [0.15, 0.2) is 0 Å². The number of carbonyl (C=O) groups is 1. The van der Waals surface area contributed by atoms with Crippen LogP contribution in [0.4, 0.5) is 4.39 Å². The van der Waals surface area contributed by atoms with Crippen molar-refractivity contribution >= 4 is 17.5 Å². The molecule has 0 fully saturated rings. The Labute approximate surface area is 146 Å². The van der Waals surface area contributed by atoms with Crippen LogP contribution in [0.5, 0.6) is 0 Å². The Hall–Kier alpha value is -2.14. The van der Waals surface area contributed by atoms with Crippen LogP contribution in [0.3, 0.4) is 0 Å². The molecule has 0 atom stereocenters. The molecule has 1 amide bonds. The van der Waals surface area contributed by atoms with Gasteiger partial charge in [-0.05, 0) is 38.5 Å². The monoisotopic (exact) mass is 349 g/mol. The van der Waals surface area contributed by atoms with Gasteiger partial charge in [-0.2, -0.15) is 5.10 Å². The molecule has 0 N–H and O–H groups in total. The first-order chi connectivity index (χ1) is 11.3. The molecule has 1 aromatic carbocycles. The van der Waals surface area contributed by atoms with E-state index in [1.165, 1.54) is 12.1 Å². The van der Waals surface area contributed by atoms with Crippen molar-refractivity contribution in [1.82, 2.24) is 14.7 Å². The maximum Gasteiger partial charge on any atom is 0.259 e. The van der Waals surface area contributed by atoms with Crippen molar-refractivity contribution in [3.8, 4) is 0 Å². The Morgan fingerprint density at radius 2 is 2.00 bits per heavy atom. The number of nitrogens with zero attached hydrogens (tertiary/aromatic N) is 3. The molecule has 4 nitrogen and oxygen atoms in total. The van der Waals surface area contributed by atoms with E-state index >= 15 is 0 Å². The largest absolute Gasteiger partial charge is 0.335 e. The topological polar surface area (TPSA) is 38.1 Å². The normalized spacial score (nSPS) is 10.7. The van der Waals surface area contributed by atoms with Crippen molar-refractivity contribution in [1.29, 1.82) is 0 Å². The first kappa shape index (κ1) is 18.2. The number of likely N-dealkylation sites (N-methyl/N-ethyl adjacent to an activating group) is 1. The number of hydrogen-bond acceptors (Lipinski definition) is 2. The third-order valence-electron chi connectivity index (χ3n) is 3.65. The second kappa shape index (κ2) is 7.62. The molecule has 0 aliphatic heterocycles. The van der Waals surface area contributed by atoms with Crippen LogP contribution >= 0.6 is 11.6 Å². The fourth-order valence-corrected chi connectivity index (χ4v) is 2.79. The van der Waals surface area contributed by atoms with Crippen molar-refractivity contribution in [2.75, 3.05) is 13.1 Å². The zero-order chi connectivity index (χ0) is 17.9. The van der Waals surface area contributed by atoms with Crippen LogP contribution in [0.15, 0.2) is 36.4 Å². The second-order valence-electron chi connectivity index (χ2n) is 5.81. The molecule has 24 heavy (non-hydrogen) atoms. The average molecular weight is 350 g/mol. The summed E-state index contributed by atoms with van der Waals surface area (Å²) in [5.74, 6) is -0.455. The van der Waals surface area contributed by atoms with Gasteiger partial charge in [0.25, 0.3) is 5.91 Å². The van der Waals surface area contributed by atoms with Gasteiger partial charge < -0.3 is 4.90 Å². The summed E-state index contributed by atoms with van der Waals surface area (Å²) in [6.45, 7) is 10.8. The molecule has 6 heteroatoms.